The molecule has 0 saturated carbocycles. The van der Waals surface area contributed by atoms with Gasteiger partial charge in [-0.2, -0.15) is 0 Å². The van der Waals surface area contributed by atoms with E-state index in [1.54, 1.807) is 37.4 Å². The first-order chi connectivity index (χ1) is 17.4. The molecular formula is C28H28N4O4. The lowest BCUT2D eigenvalue weighted by atomic mass is 10.00. The Labute approximate surface area is 208 Å². The highest BCUT2D eigenvalue weighted by Gasteiger charge is 2.29. The van der Waals surface area contributed by atoms with Crippen molar-refractivity contribution in [3.05, 3.63) is 112 Å². The number of H-pyrrole nitrogens is 1. The molecule has 8 heteroatoms. The number of fused-ring (bicyclic) bond motifs is 1. The quantitative estimate of drug-likeness (QED) is 0.290. The number of aromatic amines is 1. The summed E-state index contributed by atoms with van der Waals surface area (Å²) in [5.74, 6) is -1.17. The zero-order valence-corrected chi connectivity index (χ0v) is 19.9. The maximum absolute atomic E-state index is 13.3. The summed E-state index contributed by atoms with van der Waals surface area (Å²) in [4.78, 5) is 46.1. The summed E-state index contributed by atoms with van der Waals surface area (Å²) >= 11 is 0. The number of aromatic nitrogens is 2. The van der Waals surface area contributed by atoms with E-state index in [9.17, 15) is 19.5 Å². The molecule has 4 aromatic rings. The number of carbonyl (C=O) groups is 2. The molecule has 0 unspecified atom stereocenters. The van der Waals surface area contributed by atoms with Crippen LogP contribution in [0.25, 0.3) is 10.9 Å². The van der Waals surface area contributed by atoms with Crippen LogP contribution >= 0.6 is 0 Å². The number of nitrogens with zero attached hydrogens (tertiary/aromatic N) is 1. The lowest BCUT2D eigenvalue weighted by molar-refractivity contribution is -0.130. The molecule has 0 bridgehead atoms. The van der Waals surface area contributed by atoms with Crippen LogP contribution in [0.3, 0.4) is 0 Å². The van der Waals surface area contributed by atoms with Crippen molar-refractivity contribution < 1.29 is 14.7 Å². The molecule has 2 heterocycles. The van der Waals surface area contributed by atoms with Gasteiger partial charge in [0, 0.05) is 41.3 Å². The first-order valence-electron chi connectivity index (χ1n) is 11.8. The number of pyridine rings is 2. The zero-order chi connectivity index (χ0) is 25.5. The van der Waals surface area contributed by atoms with Crippen LogP contribution in [-0.4, -0.2) is 45.6 Å². The first-order valence-corrected chi connectivity index (χ1v) is 11.8. The summed E-state index contributed by atoms with van der Waals surface area (Å²) in [6.45, 7) is 1.86. The summed E-state index contributed by atoms with van der Waals surface area (Å²) in [5, 5.41) is 16.9. The van der Waals surface area contributed by atoms with Gasteiger partial charge in [0.15, 0.2) is 11.5 Å². The Hall–Kier alpha value is -4.30. The third kappa shape index (κ3) is 5.84. The Balaban J connectivity index is 1.52. The fourth-order valence-electron chi connectivity index (χ4n) is 4.06. The van der Waals surface area contributed by atoms with Crippen LogP contribution < -0.4 is 16.1 Å². The van der Waals surface area contributed by atoms with Gasteiger partial charge in [-0.05, 0) is 43.2 Å². The molecular weight excluding hydrogens is 456 g/mol. The van der Waals surface area contributed by atoms with Gasteiger partial charge in [-0.15, -0.1) is 0 Å². The van der Waals surface area contributed by atoms with Crippen molar-refractivity contribution in [1.29, 1.82) is 0 Å². The molecule has 0 spiro atoms. The average Bonchev–Trinajstić information content (AvgIpc) is 2.91. The lowest BCUT2D eigenvalue weighted by Gasteiger charge is -2.24. The van der Waals surface area contributed by atoms with E-state index in [1.807, 2.05) is 48.5 Å². The molecule has 2 aromatic heterocycles. The highest BCUT2D eigenvalue weighted by atomic mass is 16.3. The van der Waals surface area contributed by atoms with Gasteiger partial charge in [0.05, 0.1) is 6.04 Å². The highest BCUT2D eigenvalue weighted by molar-refractivity contribution is 5.97. The second kappa shape index (κ2) is 11.4. The minimum Gasteiger partial charge on any atom is -0.381 e. The molecule has 2 aromatic carbocycles. The number of para-hydroxylation sites is 1. The lowest BCUT2D eigenvalue weighted by Crippen LogP contribution is -2.52. The van der Waals surface area contributed by atoms with Gasteiger partial charge >= 0.3 is 0 Å². The third-order valence-electron chi connectivity index (χ3n) is 6.05. The summed E-state index contributed by atoms with van der Waals surface area (Å²) < 4.78 is 0. The van der Waals surface area contributed by atoms with E-state index < -0.39 is 24.0 Å². The SMILES string of the molecule is Cc1c(C(=O)N[C@@H](Cc2ccccc2)[C@@H](O)C(=O)NCCc2ccccn2)[nH]c2ccccc2c1=O. The van der Waals surface area contributed by atoms with Gasteiger partial charge < -0.3 is 20.7 Å². The van der Waals surface area contributed by atoms with Crippen molar-refractivity contribution in [3.63, 3.8) is 0 Å². The third-order valence-corrected chi connectivity index (χ3v) is 6.05. The molecule has 0 aliphatic rings. The molecule has 0 radical (unpaired) electrons. The van der Waals surface area contributed by atoms with Gasteiger partial charge in [-0.1, -0.05) is 48.5 Å². The Bertz CT molecular complexity index is 1400. The zero-order valence-electron chi connectivity index (χ0n) is 19.9. The van der Waals surface area contributed by atoms with Crippen LogP contribution in [-0.2, 0) is 17.6 Å². The van der Waals surface area contributed by atoms with E-state index in [0.717, 1.165) is 11.3 Å². The molecule has 2 amide bonds. The van der Waals surface area contributed by atoms with Gasteiger partial charge in [0.1, 0.15) is 5.69 Å². The molecule has 2 atom stereocenters. The van der Waals surface area contributed by atoms with Gasteiger partial charge in [-0.3, -0.25) is 19.4 Å². The summed E-state index contributed by atoms with van der Waals surface area (Å²) in [7, 11) is 0. The van der Waals surface area contributed by atoms with Gasteiger partial charge in [0.2, 0.25) is 0 Å². The number of nitrogens with one attached hydrogen (secondary N) is 3. The smallest absolute Gasteiger partial charge is 0.268 e. The topological polar surface area (TPSA) is 124 Å². The van der Waals surface area contributed by atoms with E-state index in [0.29, 0.717) is 17.3 Å². The largest absolute Gasteiger partial charge is 0.381 e. The van der Waals surface area contributed by atoms with Crippen LogP contribution in [0.4, 0.5) is 0 Å². The van der Waals surface area contributed by atoms with Crippen molar-refractivity contribution in [3.8, 4) is 0 Å². The second-order valence-corrected chi connectivity index (χ2v) is 8.58. The van der Waals surface area contributed by atoms with Crippen LogP contribution in [0, 0.1) is 6.92 Å². The number of amides is 2. The van der Waals surface area contributed by atoms with Gasteiger partial charge in [-0.25, -0.2) is 0 Å². The van der Waals surface area contributed by atoms with Crippen molar-refractivity contribution >= 4 is 22.7 Å². The standard InChI is InChI=1S/C28H28N4O4/c1-18-24(31-22-13-6-5-12-21(22)25(18)33)27(35)32-23(17-19-9-3-2-4-10-19)26(34)28(36)30-16-14-20-11-7-8-15-29-20/h2-13,15,23,26,34H,14,16-17H2,1H3,(H,30,36)(H,31,33)(H,32,35)/t23-,26+/m0/s1. The van der Waals surface area contributed by atoms with E-state index >= 15 is 0 Å². The van der Waals surface area contributed by atoms with Crippen LogP contribution in [0.2, 0.25) is 0 Å². The summed E-state index contributed by atoms with van der Waals surface area (Å²) in [6, 6.07) is 20.8. The number of aliphatic hydroxyl groups excluding tert-OH is 1. The van der Waals surface area contributed by atoms with Crippen molar-refractivity contribution in [2.24, 2.45) is 0 Å². The molecule has 36 heavy (non-hydrogen) atoms. The van der Waals surface area contributed by atoms with E-state index in [-0.39, 0.29) is 29.7 Å². The predicted molar refractivity (Wildman–Crippen MR) is 138 cm³/mol. The Morgan fingerprint density at radius 3 is 2.47 bits per heavy atom. The van der Waals surface area contributed by atoms with E-state index in [2.05, 4.69) is 20.6 Å². The van der Waals surface area contributed by atoms with E-state index in [1.165, 1.54) is 0 Å². The Kier molecular flexibility index (Phi) is 7.87. The molecule has 0 aliphatic carbocycles. The number of hydrogen-bond donors (Lipinski definition) is 4. The molecule has 4 rings (SSSR count). The van der Waals surface area contributed by atoms with Crippen molar-refractivity contribution in [2.45, 2.75) is 31.9 Å². The maximum Gasteiger partial charge on any atom is 0.268 e. The highest BCUT2D eigenvalue weighted by Crippen LogP contribution is 2.13. The molecule has 0 saturated heterocycles. The fraction of sp³-hybridized carbons (Fsp3) is 0.214. The normalized spacial score (nSPS) is 12.6. The van der Waals surface area contributed by atoms with E-state index in [4.69, 9.17) is 0 Å². The number of hydrogen-bond acceptors (Lipinski definition) is 5. The minimum absolute atomic E-state index is 0.0968. The number of rotatable bonds is 9. The predicted octanol–water partition coefficient (Wildman–Crippen LogP) is 2.29. The minimum atomic E-state index is -1.51. The fourth-order valence-corrected chi connectivity index (χ4v) is 4.06. The molecule has 4 N–H and O–H groups in total. The maximum atomic E-state index is 13.3. The molecule has 0 aliphatic heterocycles. The summed E-state index contributed by atoms with van der Waals surface area (Å²) in [6.07, 6.45) is 0.895. The van der Waals surface area contributed by atoms with Gasteiger partial charge in [0.25, 0.3) is 11.8 Å². The first kappa shape index (κ1) is 24.8. The molecule has 0 fully saturated rings. The Morgan fingerprint density at radius 2 is 1.72 bits per heavy atom. The van der Waals surface area contributed by atoms with Crippen molar-refractivity contribution in [1.82, 2.24) is 20.6 Å². The Morgan fingerprint density at radius 1 is 1.00 bits per heavy atom. The second-order valence-electron chi connectivity index (χ2n) is 8.58. The van der Waals surface area contributed by atoms with Crippen LogP contribution in [0.5, 0.6) is 0 Å². The monoisotopic (exact) mass is 484 g/mol. The van der Waals surface area contributed by atoms with Crippen LogP contribution in [0.15, 0.2) is 83.8 Å². The molecule has 184 valence electrons. The average molecular weight is 485 g/mol. The number of benzene rings is 2. The number of aliphatic hydroxyl groups is 1. The van der Waals surface area contributed by atoms with Crippen LogP contribution in [0.1, 0.15) is 27.3 Å². The summed E-state index contributed by atoms with van der Waals surface area (Å²) in [5.41, 5.74) is 2.30. The molecule has 8 nitrogen and oxygen atoms in total. The number of carbonyl (C=O) groups excluding carboxylic acids is 2. The van der Waals surface area contributed by atoms with Crippen molar-refractivity contribution in [2.75, 3.05) is 6.54 Å².